The van der Waals surface area contributed by atoms with Gasteiger partial charge in [-0.05, 0) is 18.2 Å². The first kappa shape index (κ1) is 14.5. The van der Waals surface area contributed by atoms with Crippen LogP contribution in [0.25, 0.3) is 22.3 Å². The van der Waals surface area contributed by atoms with Gasteiger partial charge in [-0.2, -0.15) is 4.98 Å². The summed E-state index contributed by atoms with van der Waals surface area (Å²) >= 11 is 1.25. The summed E-state index contributed by atoms with van der Waals surface area (Å²) in [6, 6.07) is 5.26. The first-order valence-corrected chi connectivity index (χ1v) is 7.90. The minimum absolute atomic E-state index is 0.119. The van der Waals surface area contributed by atoms with Gasteiger partial charge in [0.1, 0.15) is 16.1 Å². The van der Waals surface area contributed by atoms with Gasteiger partial charge in [0.05, 0.1) is 12.1 Å². The molecule has 0 aliphatic rings. The number of nitrogens with one attached hydrogen (secondary N) is 2. The Balaban J connectivity index is 1.46. The highest BCUT2D eigenvalue weighted by molar-refractivity contribution is 8.00. The number of aromatic amines is 1. The van der Waals surface area contributed by atoms with E-state index in [1.807, 2.05) is 0 Å². The van der Waals surface area contributed by atoms with Crippen LogP contribution in [0.5, 0.6) is 0 Å². The Hall–Kier alpha value is -3.14. The fourth-order valence-electron chi connectivity index (χ4n) is 2.19. The molecule has 4 aromatic rings. The summed E-state index contributed by atoms with van der Waals surface area (Å²) in [7, 11) is 0. The zero-order valence-electron chi connectivity index (χ0n) is 12.2. The number of amides is 1. The second kappa shape index (κ2) is 5.81. The largest absolute Gasteiger partial charge is 0.443 e. The molecule has 1 amide bonds. The Morgan fingerprint density at radius 3 is 3.17 bits per heavy atom. The molecule has 0 bridgehead atoms. The summed E-state index contributed by atoms with van der Waals surface area (Å²) < 4.78 is 5.16. The molecule has 0 radical (unpaired) electrons. The smallest absolute Gasteiger partial charge is 0.234 e. The Kier molecular flexibility index (Phi) is 3.50. The minimum atomic E-state index is -0.173. The molecule has 3 heterocycles. The zero-order chi connectivity index (χ0) is 16.5. The van der Waals surface area contributed by atoms with E-state index < -0.39 is 0 Å². The Bertz CT molecular complexity index is 1040. The van der Waals surface area contributed by atoms with Gasteiger partial charge in [0.15, 0.2) is 17.6 Å². The molecule has 4 N–H and O–H groups in total. The van der Waals surface area contributed by atoms with E-state index in [0.29, 0.717) is 33.0 Å². The van der Waals surface area contributed by atoms with Crippen molar-refractivity contribution in [2.45, 2.75) is 5.03 Å². The van der Waals surface area contributed by atoms with E-state index in [0.717, 1.165) is 0 Å². The Morgan fingerprint density at radius 2 is 2.25 bits per heavy atom. The first-order chi connectivity index (χ1) is 11.7. The van der Waals surface area contributed by atoms with Crippen molar-refractivity contribution < 1.29 is 9.21 Å². The lowest BCUT2D eigenvalue weighted by Gasteiger charge is -2.05. The molecule has 1 aromatic carbocycles. The molecule has 0 aliphatic heterocycles. The molecule has 0 saturated carbocycles. The highest BCUT2D eigenvalue weighted by Crippen LogP contribution is 2.24. The number of carbonyl (C=O) groups excluding carboxylic acids is 1. The van der Waals surface area contributed by atoms with Gasteiger partial charge in [0, 0.05) is 5.69 Å². The minimum Gasteiger partial charge on any atom is -0.443 e. The van der Waals surface area contributed by atoms with Crippen LogP contribution in [0.4, 0.5) is 11.6 Å². The van der Waals surface area contributed by atoms with Gasteiger partial charge in [0.2, 0.25) is 11.9 Å². The van der Waals surface area contributed by atoms with E-state index in [9.17, 15) is 4.79 Å². The fourth-order valence-corrected chi connectivity index (χ4v) is 2.99. The molecule has 3 aromatic heterocycles. The molecule has 4 rings (SSSR count). The number of anilines is 2. The lowest BCUT2D eigenvalue weighted by atomic mass is 10.3. The van der Waals surface area contributed by atoms with Crippen molar-refractivity contribution in [2.75, 3.05) is 16.8 Å². The molecular weight excluding hydrogens is 330 g/mol. The summed E-state index contributed by atoms with van der Waals surface area (Å²) in [5.74, 6) is 0.114. The quantitative estimate of drug-likeness (QED) is 0.378. The predicted molar refractivity (Wildman–Crippen MR) is 89.5 cm³/mol. The lowest BCUT2D eigenvalue weighted by Crippen LogP contribution is -2.14. The van der Waals surface area contributed by atoms with Gasteiger partial charge in [-0.1, -0.05) is 11.8 Å². The first-order valence-electron chi connectivity index (χ1n) is 6.91. The summed E-state index contributed by atoms with van der Waals surface area (Å²) in [5, 5.41) is 3.39. The lowest BCUT2D eigenvalue weighted by molar-refractivity contribution is -0.113. The number of H-pyrrole nitrogens is 1. The van der Waals surface area contributed by atoms with Crippen molar-refractivity contribution in [3.8, 4) is 0 Å². The molecule has 120 valence electrons. The van der Waals surface area contributed by atoms with Crippen LogP contribution in [0, 0.1) is 0 Å². The van der Waals surface area contributed by atoms with Crippen LogP contribution in [-0.4, -0.2) is 36.6 Å². The van der Waals surface area contributed by atoms with Crippen molar-refractivity contribution in [3.05, 3.63) is 30.9 Å². The monoisotopic (exact) mass is 341 g/mol. The average molecular weight is 341 g/mol. The van der Waals surface area contributed by atoms with Crippen LogP contribution >= 0.6 is 11.8 Å². The van der Waals surface area contributed by atoms with E-state index in [1.165, 1.54) is 24.5 Å². The van der Waals surface area contributed by atoms with Crippen LogP contribution in [0.15, 0.2) is 40.4 Å². The van der Waals surface area contributed by atoms with Crippen LogP contribution in [0.3, 0.4) is 0 Å². The van der Waals surface area contributed by atoms with Crippen molar-refractivity contribution >= 4 is 51.6 Å². The number of hydrogen-bond acceptors (Lipinski definition) is 8. The maximum atomic E-state index is 12.1. The molecule has 0 aliphatic carbocycles. The van der Waals surface area contributed by atoms with Crippen LogP contribution < -0.4 is 11.1 Å². The van der Waals surface area contributed by atoms with E-state index in [4.69, 9.17) is 10.2 Å². The number of imidazole rings is 1. The van der Waals surface area contributed by atoms with E-state index >= 15 is 0 Å². The zero-order valence-corrected chi connectivity index (χ0v) is 13.0. The van der Waals surface area contributed by atoms with E-state index in [2.05, 4.69) is 30.2 Å². The number of nitrogens with two attached hydrogens (primary N) is 1. The van der Waals surface area contributed by atoms with E-state index in [-0.39, 0.29) is 17.6 Å². The van der Waals surface area contributed by atoms with Crippen LogP contribution in [0.1, 0.15) is 0 Å². The van der Waals surface area contributed by atoms with Gasteiger partial charge in [-0.25, -0.2) is 15.0 Å². The number of oxazole rings is 1. The third-order valence-electron chi connectivity index (χ3n) is 3.22. The molecule has 0 spiro atoms. The van der Waals surface area contributed by atoms with Crippen LogP contribution in [-0.2, 0) is 4.79 Å². The molecule has 10 heteroatoms. The molecule has 0 atom stereocenters. The van der Waals surface area contributed by atoms with Crippen molar-refractivity contribution in [1.82, 2.24) is 24.9 Å². The second-order valence-corrected chi connectivity index (χ2v) is 5.82. The Labute approximate surface area is 139 Å². The SMILES string of the molecule is Nc1nc(SCC(=O)Nc2ccc3ocnc3c2)c2[nH]cnc2n1. The molecule has 24 heavy (non-hydrogen) atoms. The normalized spacial score (nSPS) is 11.2. The number of hydrogen-bond donors (Lipinski definition) is 3. The topological polar surface area (TPSA) is 136 Å². The number of rotatable bonds is 4. The van der Waals surface area contributed by atoms with Crippen molar-refractivity contribution in [2.24, 2.45) is 0 Å². The summed E-state index contributed by atoms with van der Waals surface area (Å²) in [5.41, 5.74) is 8.78. The van der Waals surface area contributed by atoms with Gasteiger partial charge in [-0.15, -0.1) is 0 Å². The number of benzene rings is 1. The third-order valence-corrected chi connectivity index (χ3v) is 4.20. The number of nitrogen functional groups attached to an aromatic ring is 1. The van der Waals surface area contributed by atoms with Gasteiger partial charge in [0.25, 0.3) is 0 Å². The number of thioether (sulfide) groups is 1. The second-order valence-electron chi connectivity index (χ2n) is 4.86. The third kappa shape index (κ3) is 2.74. The maximum absolute atomic E-state index is 12.1. The highest BCUT2D eigenvalue weighted by atomic mass is 32.2. The summed E-state index contributed by atoms with van der Waals surface area (Å²) in [6.07, 6.45) is 2.87. The molecule has 0 fully saturated rings. The van der Waals surface area contributed by atoms with Crippen molar-refractivity contribution in [1.29, 1.82) is 0 Å². The maximum Gasteiger partial charge on any atom is 0.234 e. The summed E-state index contributed by atoms with van der Waals surface area (Å²) in [4.78, 5) is 31.3. The van der Waals surface area contributed by atoms with Crippen molar-refractivity contribution in [3.63, 3.8) is 0 Å². The predicted octanol–water partition coefficient (Wildman–Crippen LogP) is 1.81. The average Bonchev–Trinajstić information content (AvgIpc) is 3.20. The number of fused-ring (bicyclic) bond motifs is 2. The standard InChI is InChI=1S/C14H11N7O2S/c15-14-20-12-11(16-5-17-12)13(21-14)24-4-10(22)19-7-1-2-9-8(3-7)18-6-23-9/h1-3,5-6H,4H2,(H,19,22)(H3,15,16,17,20,21). The van der Waals surface area contributed by atoms with Crippen LogP contribution in [0.2, 0.25) is 0 Å². The fraction of sp³-hybridized carbons (Fsp3) is 0.0714. The number of nitrogens with zero attached hydrogens (tertiary/aromatic N) is 4. The van der Waals surface area contributed by atoms with E-state index in [1.54, 1.807) is 18.2 Å². The van der Waals surface area contributed by atoms with Gasteiger partial charge < -0.3 is 20.5 Å². The Morgan fingerprint density at radius 1 is 1.33 bits per heavy atom. The summed E-state index contributed by atoms with van der Waals surface area (Å²) in [6.45, 7) is 0. The van der Waals surface area contributed by atoms with Gasteiger partial charge >= 0.3 is 0 Å². The van der Waals surface area contributed by atoms with Gasteiger partial charge in [-0.3, -0.25) is 4.79 Å². The molecular formula is C14H11N7O2S. The molecule has 9 nitrogen and oxygen atoms in total. The highest BCUT2D eigenvalue weighted by Gasteiger charge is 2.12. The molecule has 0 saturated heterocycles. The number of aromatic nitrogens is 5. The number of carbonyl (C=O) groups is 1. The molecule has 0 unspecified atom stereocenters.